The summed E-state index contributed by atoms with van der Waals surface area (Å²) < 4.78 is 13.1. The number of likely N-dealkylation sites (tertiary alicyclic amines) is 1. The number of pyridine rings is 1. The number of hydrogen-bond acceptors (Lipinski definition) is 4. The van der Waals surface area contributed by atoms with Crippen molar-refractivity contribution in [2.45, 2.75) is 12.8 Å². The third-order valence-corrected chi connectivity index (χ3v) is 5.38. The van der Waals surface area contributed by atoms with Crippen LogP contribution in [0.3, 0.4) is 0 Å². The second kappa shape index (κ2) is 7.96. The van der Waals surface area contributed by atoms with Gasteiger partial charge in [0.05, 0.1) is 0 Å². The van der Waals surface area contributed by atoms with Crippen molar-refractivity contribution in [3.8, 4) is 0 Å². The largest absolute Gasteiger partial charge is 0.368 e. The highest BCUT2D eigenvalue weighted by Gasteiger charge is 2.25. The Labute approximate surface area is 163 Å². The van der Waals surface area contributed by atoms with E-state index in [0.29, 0.717) is 37.4 Å². The number of benzene rings is 1. The molecule has 2 aliphatic rings. The maximum atomic E-state index is 13.1. The van der Waals surface area contributed by atoms with Crippen LogP contribution >= 0.6 is 0 Å². The standard InChI is InChI=1S/C21H23FN4O2/c22-17-3-5-18(6-4-17)24-11-13-26(14-12-24)20(27)16-7-8-23-19(15-16)21(28)25-9-1-2-10-25/h3-8,15H,1-2,9-14H2. The van der Waals surface area contributed by atoms with Crippen LogP contribution in [0.15, 0.2) is 42.6 Å². The van der Waals surface area contributed by atoms with Gasteiger partial charge in [-0.3, -0.25) is 14.6 Å². The third-order valence-electron chi connectivity index (χ3n) is 5.38. The van der Waals surface area contributed by atoms with Crippen molar-refractivity contribution in [2.24, 2.45) is 0 Å². The summed E-state index contributed by atoms with van der Waals surface area (Å²) in [5, 5.41) is 0. The first kappa shape index (κ1) is 18.4. The molecule has 0 unspecified atom stereocenters. The van der Waals surface area contributed by atoms with Crippen LogP contribution in [0.5, 0.6) is 0 Å². The summed E-state index contributed by atoms with van der Waals surface area (Å²) in [5.74, 6) is -0.445. The van der Waals surface area contributed by atoms with Crippen LogP contribution in [-0.4, -0.2) is 65.9 Å². The number of carbonyl (C=O) groups excluding carboxylic acids is 2. The predicted octanol–water partition coefficient (Wildman–Crippen LogP) is 2.42. The van der Waals surface area contributed by atoms with Crippen LogP contribution < -0.4 is 4.90 Å². The molecule has 2 saturated heterocycles. The van der Waals surface area contributed by atoms with E-state index < -0.39 is 0 Å². The monoisotopic (exact) mass is 382 g/mol. The fraction of sp³-hybridized carbons (Fsp3) is 0.381. The number of amides is 2. The van der Waals surface area contributed by atoms with Gasteiger partial charge in [0.1, 0.15) is 11.5 Å². The minimum Gasteiger partial charge on any atom is -0.368 e. The number of nitrogens with zero attached hydrogens (tertiary/aromatic N) is 4. The highest BCUT2D eigenvalue weighted by Crippen LogP contribution is 2.18. The van der Waals surface area contributed by atoms with Crippen LogP contribution in [0.25, 0.3) is 0 Å². The molecule has 2 aromatic rings. The number of aromatic nitrogens is 1. The molecule has 0 N–H and O–H groups in total. The first-order valence-corrected chi connectivity index (χ1v) is 9.67. The first-order valence-electron chi connectivity index (χ1n) is 9.67. The fourth-order valence-electron chi connectivity index (χ4n) is 3.76. The van der Waals surface area contributed by atoms with Crippen LogP contribution in [0.2, 0.25) is 0 Å². The second-order valence-corrected chi connectivity index (χ2v) is 7.18. The van der Waals surface area contributed by atoms with E-state index in [1.807, 2.05) is 0 Å². The van der Waals surface area contributed by atoms with Gasteiger partial charge in [0, 0.05) is 56.7 Å². The molecule has 3 heterocycles. The number of halogens is 1. The zero-order valence-corrected chi connectivity index (χ0v) is 15.7. The third kappa shape index (κ3) is 3.83. The van der Waals surface area contributed by atoms with Gasteiger partial charge in [0.2, 0.25) is 0 Å². The lowest BCUT2D eigenvalue weighted by Crippen LogP contribution is -2.48. The van der Waals surface area contributed by atoms with Gasteiger partial charge in [-0.2, -0.15) is 0 Å². The van der Waals surface area contributed by atoms with E-state index in [0.717, 1.165) is 31.6 Å². The summed E-state index contributed by atoms with van der Waals surface area (Å²) in [6.07, 6.45) is 3.57. The van der Waals surface area contributed by atoms with Crippen molar-refractivity contribution in [3.63, 3.8) is 0 Å². The Morgan fingerprint density at radius 1 is 0.821 bits per heavy atom. The molecule has 2 aliphatic heterocycles. The summed E-state index contributed by atoms with van der Waals surface area (Å²) in [4.78, 5) is 35.3. The van der Waals surface area contributed by atoms with Gasteiger partial charge < -0.3 is 14.7 Å². The minimum absolute atomic E-state index is 0.0865. The molecular weight excluding hydrogens is 359 g/mol. The molecule has 146 valence electrons. The van der Waals surface area contributed by atoms with E-state index >= 15 is 0 Å². The Morgan fingerprint density at radius 2 is 1.46 bits per heavy atom. The molecule has 0 radical (unpaired) electrons. The quantitative estimate of drug-likeness (QED) is 0.818. The summed E-state index contributed by atoms with van der Waals surface area (Å²) in [5.41, 5.74) is 1.78. The lowest BCUT2D eigenvalue weighted by molar-refractivity contribution is 0.0746. The van der Waals surface area contributed by atoms with Crippen molar-refractivity contribution >= 4 is 17.5 Å². The van der Waals surface area contributed by atoms with E-state index in [9.17, 15) is 14.0 Å². The molecular formula is C21H23FN4O2. The van der Waals surface area contributed by atoms with Crippen LogP contribution in [0, 0.1) is 5.82 Å². The molecule has 6 nitrogen and oxygen atoms in total. The molecule has 1 aromatic carbocycles. The second-order valence-electron chi connectivity index (χ2n) is 7.18. The van der Waals surface area contributed by atoms with Crippen LogP contribution in [0.1, 0.15) is 33.7 Å². The minimum atomic E-state index is -0.255. The number of carbonyl (C=O) groups is 2. The Bertz CT molecular complexity index is 857. The van der Waals surface area contributed by atoms with E-state index in [1.54, 1.807) is 34.1 Å². The lowest BCUT2D eigenvalue weighted by Gasteiger charge is -2.36. The molecule has 2 fully saturated rings. The lowest BCUT2D eigenvalue weighted by atomic mass is 10.1. The summed E-state index contributed by atoms with van der Waals surface area (Å²) in [6, 6.07) is 9.67. The average Bonchev–Trinajstić information content (AvgIpc) is 3.28. The SMILES string of the molecule is O=C(c1ccnc(C(=O)N2CCCC2)c1)N1CCN(c2ccc(F)cc2)CC1. The van der Waals surface area contributed by atoms with E-state index in [2.05, 4.69) is 9.88 Å². The fourth-order valence-corrected chi connectivity index (χ4v) is 3.76. The van der Waals surface area contributed by atoms with Gasteiger partial charge in [-0.05, 0) is 49.2 Å². The normalized spacial score (nSPS) is 17.1. The van der Waals surface area contributed by atoms with E-state index in [1.165, 1.54) is 18.3 Å². The zero-order chi connectivity index (χ0) is 19.5. The molecule has 0 saturated carbocycles. The van der Waals surface area contributed by atoms with Gasteiger partial charge in [0.15, 0.2) is 0 Å². The topological polar surface area (TPSA) is 56.8 Å². The van der Waals surface area contributed by atoms with Gasteiger partial charge >= 0.3 is 0 Å². The van der Waals surface area contributed by atoms with Crippen LogP contribution in [0.4, 0.5) is 10.1 Å². The number of rotatable bonds is 3. The Hall–Kier alpha value is -2.96. The molecule has 28 heavy (non-hydrogen) atoms. The van der Waals surface area contributed by atoms with E-state index in [-0.39, 0.29) is 17.6 Å². The number of anilines is 1. The predicted molar refractivity (Wildman–Crippen MR) is 104 cm³/mol. The summed E-state index contributed by atoms with van der Waals surface area (Å²) in [7, 11) is 0. The average molecular weight is 382 g/mol. The first-order chi connectivity index (χ1) is 13.6. The summed E-state index contributed by atoms with van der Waals surface area (Å²) in [6.45, 7) is 4.03. The van der Waals surface area contributed by atoms with Crippen molar-refractivity contribution in [1.29, 1.82) is 0 Å². The van der Waals surface area contributed by atoms with Crippen LogP contribution in [-0.2, 0) is 0 Å². The smallest absolute Gasteiger partial charge is 0.272 e. The molecule has 0 bridgehead atoms. The molecule has 0 atom stereocenters. The molecule has 0 aliphatic carbocycles. The van der Waals surface area contributed by atoms with Crippen molar-refractivity contribution in [3.05, 3.63) is 59.7 Å². The van der Waals surface area contributed by atoms with Gasteiger partial charge in [-0.25, -0.2) is 4.39 Å². The maximum Gasteiger partial charge on any atom is 0.272 e. The molecule has 0 spiro atoms. The number of piperazine rings is 1. The zero-order valence-electron chi connectivity index (χ0n) is 15.7. The van der Waals surface area contributed by atoms with E-state index in [4.69, 9.17) is 0 Å². The Kier molecular flexibility index (Phi) is 5.23. The summed E-state index contributed by atoms with van der Waals surface area (Å²) >= 11 is 0. The van der Waals surface area contributed by atoms with Crippen molar-refractivity contribution < 1.29 is 14.0 Å². The highest BCUT2D eigenvalue weighted by molar-refractivity contribution is 5.98. The Morgan fingerprint density at radius 3 is 2.14 bits per heavy atom. The molecule has 7 heteroatoms. The molecule has 1 aromatic heterocycles. The van der Waals surface area contributed by atoms with Gasteiger partial charge in [-0.1, -0.05) is 0 Å². The molecule has 2 amide bonds. The Balaban J connectivity index is 1.40. The number of hydrogen-bond donors (Lipinski definition) is 0. The van der Waals surface area contributed by atoms with Crippen molar-refractivity contribution in [2.75, 3.05) is 44.2 Å². The van der Waals surface area contributed by atoms with Gasteiger partial charge in [-0.15, -0.1) is 0 Å². The van der Waals surface area contributed by atoms with Crippen molar-refractivity contribution in [1.82, 2.24) is 14.8 Å². The highest BCUT2D eigenvalue weighted by atomic mass is 19.1. The van der Waals surface area contributed by atoms with Gasteiger partial charge in [0.25, 0.3) is 11.8 Å². The molecule has 4 rings (SSSR count). The maximum absolute atomic E-state index is 13.1.